The van der Waals surface area contributed by atoms with Crippen molar-refractivity contribution in [2.75, 3.05) is 20.2 Å². The fourth-order valence-corrected chi connectivity index (χ4v) is 2.73. The largest absolute Gasteiger partial charge is 0.497 e. The molecule has 2 aromatic rings. The average molecular weight is 326 g/mol. The highest BCUT2D eigenvalue weighted by molar-refractivity contribution is 5.74. The number of urea groups is 1. The van der Waals surface area contributed by atoms with Crippen molar-refractivity contribution in [2.24, 2.45) is 0 Å². The van der Waals surface area contributed by atoms with Gasteiger partial charge in [-0.2, -0.15) is 0 Å². The molecule has 0 spiro atoms. The van der Waals surface area contributed by atoms with Gasteiger partial charge in [-0.15, -0.1) is 0 Å². The third-order valence-corrected chi connectivity index (χ3v) is 4.08. The molecule has 1 unspecified atom stereocenters. The SMILES string of the molecule is COc1ccc(CNC(=O)N2CCC(Oc3ccccc3)C2)cc1. The summed E-state index contributed by atoms with van der Waals surface area (Å²) in [6.07, 6.45) is 0.907. The molecule has 2 aromatic carbocycles. The molecule has 126 valence electrons. The van der Waals surface area contributed by atoms with E-state index in [1.807, 2.05) is 54.6 Å². The van der Waals surface area contributed by atoms with Crippen molar-refractivity contribution in [3.8, 4) is 11.5 Å². The molecular weight excluding hydrogens is 304 g/mol. The maximum absolute atomic E-state index is 12.3. The summed E-state index contributed by atoms with van der Waals surface area (Å²) in [5.41, 5.74) is 1.04. The van der Waals surface area contributed by atoms with Gasteiger partial charge >= 0.3 is 6.03 Å². The third-order valence-electron chi connectivity index (χ3n) is 4.08. The number of likely N-dealkylation sites (tertiary alicyclic amines) is 1. The zero-order chi connectivity index (χ0) is 16.8. The zero-order valence-corrected chi connectivity index (χ0v) is 13.8. The molecule has 1 N–H and O–H groups in total. The number of nitrogens with one attached hydrogen (secondary N) is 1. The highest BCUT2D eigenvalue weighted by atomic mass is 16.5. The first-order chi connectivity index (χ1) is 11.7. The second-order valence-electron chi connectivity index (χ2n) is 5.79. The van der Waals surface area contributed by atoms with E-state index in [1.54, 1.807) is 12.0 Å². The summed E-state index contributed by atoms with van der Waals surface area (Å²) in [7, 11) is 1.64. The van der Waals surface area contributed by atoms with E-state index in [0.29, 0.717) is 19.6 Å². The van der Waals surface area contributed by atoms with Crippen molar-refractivity contribution >= 4 is 6.03 Å². The summed E-state index contributed by atoms with van der Waals surface area (Å²) in [6.45, 7) is 1.83. The van der Waals surface area contributed by atoms with E-state index >= 15 is 0 Å². The van der Waals surface area contributed by atoms with Gasteiger partial charge in [-0.05, 0) is 29.8 Å². The number of para-hydroxylation sites is 1. The van der Waals surface area contributed by atoms with Crippen molar-refractivity contribution in [2.45, 2.75) is 19.1 Å². The number of hydrogen-bond donors (Lipinski definition) is 1. The molecule has 1 aliphatic heterocycles. The number of methoxy groups -OCH3 is 1. The van der Waals surface area contributed by atoms with Crippen LogP contribution in [0.5, 0.6) is 11.5 Å². The van der Waals surface area contributed by atoms with Crippen molar-refractivity contribution in [1.29, 1.82) is 0 Å². The van der Waals surface area contributed by atoms with Crippen LogP contribution in [-0.2, 0) is 6.54 Å². The van der Waals surface area contributed by atoms with Gasteiger partial charge in [0, 0.05) is 19.5 Å². The number of carbonyl (C=O) groups excluding carboxylic acids is 1. The molecule has 24 heavy (non-hydrogen) atoms. The molecule has 1 saturated heterocycles. The van der Waals surface area contributed by atoms with Crippen LogP contribution in [0.2, 0.25) is 0 Å². The Morgan fingerprint density at radius 1 is 1.12 bits per heavy atom. The van der Waals surface area contributed by atoms with Crippen molar-refractivity contribution in [3.05, 3.63) is 60.2 Å². The minimum atomic E-state index is -0.0509. The zero-order valence-electron chi connectivity index (χ0n) is 13.8. The lowest BCUT2D eigenvalue weighted by atomic mass is 10.2. The molecule has 1 fully saturated rings. The Labute approximate surface area is 142 Å². The van der Waals surface area contributed by atoms with Gasteiger partial charge in [0.15, 0.2) is 0 Å². The number of ether oxygens (including phenoxy) is 2. The predicted octanol–water partition coefficient (Wildman–Crippen LogP) is 3.06. The van der Waals surface area contributed by atoms with Gasteiger partial charge in [0.05, 0.1) is 13.7 Å². The summed E-state index contributed by atoms with van der Waals surface area (Å²) in [6, 6.07) is 17.4. The Morgan fingerprint density at radius 2 is 1.88 bits per heavy atom. The van der Waals surface area contributed by atoms with Gasteiger partial charge in [-0.3, -0.25) is 0 Å². The predicted molar refractivity (Wildman–Crippen MR) is 92.3 cm³/mol. The molecule has 5 heteroatoms. The Morgan fingerprint density at radius 3 is 2.58 bits per heavy atom. The molecule has 0 aromatic heterocycles. The van der Waals surface area contributed by atoms with Crippen molar-refractivity contribution < 1.29 is 14.3 Å². The van der Waals surface area contributed by atoms with Gasteiger partial charge < -0.3 is 19.7 Å². The highest BCUT2D eigenvalue weighted by Crippen LogP contribution is 2.18. The van der Waals surface area contributed by atoms with E-state index in [-0.39, 0.29) is 12.1 Å². The van der Waals surface area contributed by atoms with Crippen LogP contribution >= 0.6 is 0 Å². The van der Waals surface area contributed by atoms with E-state index in [9.17, 15) is 4.79 Å². The summed E-state index contributed by atoms with van der Waals surface area (Å²) in [5.74, 6) is 1.66. The lowest BCUT2D eigenvalue weighted by molar-refractivity contribution is 0.186. The van der Waals surface area contributed by atoms with E-state index in [1.165, 1.54) is 0 Å². The van der Waals surface area contributed by atoms with Gasteiger partial charge in [-0.1, -0.05) is 30.3 Å². The molecule has 1 aliphatic rings. The van der Waals surface area contributed by atoms with Gasteiger partial charge in [-0.25, -0.2) is 4.79 Å². The molecule has 1 heterocycles. The second kappa shape index (κ2) is 7.73. The van der Waals surface area contributed by atoms with Crippen LogP contribution in [0.4, 0.5) is 4.79 Å². The Balaban J connectivity index is 1.45. The molecule has 1 atom stereocenters. The number of nitrogens with zero attached hydrogens (tertiary/aromatic N) is 1. The Bertz CT molecular complexity index is 658. The topological polar surface area (TPSA) is 50.8 Å². The van der Waals surface area contributed by atoms with Gasteiger partial charge in [0.25, 0.3) is 0 Å². The fourth-order valence-electron chi connectivity index (χ4n) is 2.73. The lowest BCUT2D eigenvalue weighted by Crippen LogP contribution is -2.39. The molecule has 5 nitrogen and oxygen atoms in total. The van der Waals surface area contributed by atoms with E-state index < -0.39 is 0 Å². The Hall–Kier alpha value is -2.69. The molecule has 0 saturated carbocycles. The number of carbonyl (C=O) groups is 1. The standard InChI is InChI=1S/C19H22N2O3/c1-23-16-9-7-15(8-10-16)13-20-19(22)21-12-11-18(14-21)24-17-5-3-2-4-6-17/h2-10,18H,11-14H2,1H3,(H,20,22). The summed E-state index contributed by atoms with van der Waals surface area (Å²) in [5, 5.41) is 2.95. The summed E-state index contributed by atoms with van der Waals surface area (Å²) < 4.78 is 11.0. The lowest BCUT2D eigenvalue weighted by Gasteiger charge is -2.18. The Kier molecular flexibility index (Phi) is 5.21. The van der Waals surface area contributed by atoms with Crippen LogP contribution < -0.4 is 14.8 Å². The number of amides is 2. The number of rotatable bonds is 5. The van der Waals surface area contributed by atoms with Crippen LogP contribution in [0.3, 0.4) is 0 Å². The number of benzene rings is 2. The smallest absolute Gasteiger partial charge is 0.317 e. The maximum Gasteiger partial charge on any atom is 0.317 e. The summed E-state index contributed by atoms with van der Waals surface area (Å²) in [4.78, 5) is 14.1. The van der Waals surface area contributed by atoms with Crippen LogP contribution in [0.1, 0.15) is 12.0 Å². The van der Waals surface area contributed by atoms with Crippen molar-refractivity contribution in [1.82, 2.24) is 10.2 Å². The minimum Gasteiger partial charge on any atom is -0.497 e. The molecule has 0 bridgehead atoms. The first-order valence-corrected chi connectivity index (χ1v) is 8.12. The molecular formula is C19H22N2O3. The maximum atomic E-state index is 12.3. The molecule has 2 amide bonds. The quantitative estimate of drug-likeness (QED) is 0.919. The van der Waals surface area contributed by atoms with Crippen LogP contribution in [-0.4, -0.2) is 37.2 Å². The van der Waals surface area contributed by atoms with E-state index in [2.05, 4.69) is 5.32 Å². The average Bonchev–Trinajstić information content (AvgIpc) is 3.09. The molecule has 3 rings (SSSR count). The first-order valence-electron chi connectivity index (χ1n) is 8.12. The van der Waals surface area contributed by atoms with E-state index in [0.717, 1.165) is 23.5 Å². The molecule has 0 radical (unpaired) electrons. The second-order valence-corrected chi connectivity index (χ2v) is 5.79. The minimum absolute atomic E-state index is 0.0509. The first kappa shape index (κ1) is 16.2. The number of hydrogen-bond acceptors (Lipinski definition) is 3. The van der Waals surface area contributed by atoms with Crippen LogP contribution in [0.25, 0.3) is 0 Å². The van der Waals surface area contributed by atoms with Gasteiger partial charge in [0.2, 0.25) is 0 Å². The van der Waals surface area contributed by atoms with Crippen LogP contribution in [0, 0.1) is 0 Å². The van der Waals surface area contributed by atoms with E-state index in [4.69, 9.17) is 9.47 Å². The monoisotopic (exact) mass is 326 g/mol. The molecule has 0 aliphatic carbocycles. The third kappa shape index (κ3) is 4.19. The van der Waals surface area contributed by atoms with Gasteiger partial charge in [0.1, 0.15) is 17.6 Å². The normalized spacial score (nSPS) is 16.7. The van der Waals surface area contributed by atoms with Crippen LogP contribution in [0.15, 0.2) is 54.6 Å². The fraction of sp³-hybridized carbons (Fsp3) is 0.316. The van der Waals surface area contributed by atoms with Crippen molar-refractivity contribution in [3.63, 3.8) is 0 Å². The summed E-state index contributed by atoms with van der Waals surface area (Å²) >= 11 is 0. The highest BCUT2D eigenvalue weighted by Gasteiger charge is 2.27.